The van der Waals surface area contributed by atoms with Gasteiger partial charge in [0.1, 0.15) is 12.3 Å². The summed E-state index contributed by atoms with van der Waals surface area (Å²) >= 11 is 0. The first-order chi connectivity index (χ1) is 10.8. The van der Waals surface area contributed by atoms with E-state index in [1.165, 1.54) is 24.3 Å². The van der Waals surface area contributed by atoms with E-state index in [4.69, 9.17) is 10.5 Å². The van der Waals surface area contributed by atoms with Crippen molar-refractivity contribution in [2.24, 2.45) is 5.73 Å². The molecule has 0 saturated heterocycles. The summed E-state index contributed by atoms with van der Waals surface area (Å²) in [5, 5.41) is 12.7. The molecular formula is C13H15N3O7. The van der Waals surface area contributed by atoms with Crippen LogP contribution in [0.15, 0.2) is 24.3 Å². The van der Waals surface area contributed by atoms with Gasteiger partial charge in [0.05, 0.1) is 24.5 Å². The van der Waals surface area contributed by atoms with Crippen LogP contribution in [0.4, 0.5) is 5.69 Å². The molecule has 10 heteroatoms. The largest absolute Gasteiger partial charge is 0.469 e. The van der Waals surface area contributed by atoms with E-state index < -0.39 is 35.4 Å². The summed E-state index contributed by atoms with van der Waals surface area (Å²) in [5.41, 5.74) is 5.30. The number of hydrogen-bond acceptors (Lipinski definition) is 8. The Morgan fingerprint density at radius 3 is 2.39 bits per heavy atom. The molecule has 1 rings (SSSR count). The van der Waals surface area contributed by atoms with Gasteiger partial charge in [-0.1, -0.05) is 0 Å². The van der Waals surface area contributed by atoms with Gasteiger partial charge in [-0.05, 0) is 12.1 Å². The number of nitrogens with two attached hydrogens (primary N) is 1. The first-order valence-corrected chi connectivity index (χ1v) is 6.38. The van der Waals surface area contributed by atoms with Crippen LogP contribution < -0.4 is 15.8 Å². The Morgan fingerprint density at radius 2 is 1.87 bits per heavy atom. The number of esters is 2. The van der Waals surface area contributed by atoms with Crippen LogP contribution in [0.1, 0.15) is 6.42 Å². The highest BCUT2D eigenvalue weighted by Gasteiger charge is 2.19. The summed E-state index contributed by atoms with van der Waals surface area (Å²) in [5.74, 6) is -2.07. The number of carbonyl (C=O) groups excluding carboxylic acids is 3. The highest BCUT2D eigenvalue weighted by molar-refractivity contribution is 5.89. The number of hydrogen-bond donors (Lipinski definition) is 2. The van der Waals surface area contributed by atoms with Crippen molar-refractivity contribution in [1.29, 1.82) is 0 Å². The average molecular weight is 325 g/mol. The van der Waals surface area contributed by atoms with Crippen LogP contribution >= 0.6 is 0 Å². The lowest BCUT2D eigenvalue weighted by molar-refractivity contribution is -0.384. The van der Waals surface area contributed by atoms with Crippen LogP contribution in [0, 0.1) is 10.1 Å². The molecule has 1 amide bonds. The molecule has 0 spiro atoms. The second-order valence-electron chi connectivity index (χ2n) is 4.33. The molecule has 0 aliphatic heterocycles. The number of non-ortho nitro benzene ring substituents is 1. The summed E-state index contributed by atoms with van der Waals surface area (Å²) in [6.45, 7) is -0.468. The maximum Gasteiger partial charge on any atom is 0.330 e. The van der Waals surface area contributed by atoms with Crippen LogP contribution in [0.2, 0.25) is 0 Å². The summed E-state index contributed by atoms with van der Waals surface area (Å²) in [4.78, 5) is 43.9. The lowest BCUT2D eigenvalue weighted by Gasteiger charge is -2.10. The van der Waals surface area contributed by atoms with E-state index in [0.717, 1.165) is 7.11 Å². The van der Waals surface area contributed by atoms with Crippen LogP contribution in [-0.2, 0) is 19.1 Å². The summed E-state index contributed by atoms with van der Waals surface area (Å²) in [6, 6.07) is 3.71. The SMILES string of the molecule is COC(=O)CC(N)C(=O)NCC(=O)Oc1ccc([N+](=O)[O-])cc1. The average Bonchev–Trinajstić information content (AvgIpc) is 2.52. The maximum atomic E-state index is 11.5. The van der Waals surface area contributed by atoms with Crippen molar-refractivity contribution < 1.29 is 28.8 Å². The van der Waals surface area contributed by atoms with Gasteiger partial charge >= 0.3 is 11.9 Å². The minimum Gasteiger partial charge on any atom is -0.469 e. The van der Waals surface area contributed by atoms with Gasteiger partial charge in [-0.3, -0.25) is 19.7 Å². The lowest BCUT2D eigenvalue weighted by atomic mass is 10.2. The molecule has 1 unspecified atom stereocenters. The number of nitro benzene ring substituents is 1. The Hall–Kier alpha value is -3.01. The Bertz CT molecular complexity index is 600. The second-order valence-corrected chi connectivity index (χ2v) is 4.33. The van der Waals surface area contributed by atoms with Crippen molar-refractivity contribution in [3.05, 3.63) is 34.4 Å². The monoisotopic (exact) mass is 325 g/mol. The number of nitro groups is 1. The van der Waals surface area contributed by atoms with Crippen molar-refractivity contribution in [3.63, 3.8) is 0 Å². The topological polar surface area (TPSA) is 151 Å². The smallest absolute Gasteiger partial charge is 0.330 e. The van der Waals surface area contributed by atoms with Gasteiger partial charge < -0.3 is 20.5 Å². The maximum absolute atomic E-state index is 11.5. The van der Waals surface area contributed by atoms with Crippen LogP contribution in [0.25, 0.3) is 0 Å². The number of nitrogens with one attached hydrogen (secondary N) is 1. The van der Waals surface area contributed by atoms with E-state index in [1.54, 1.807) is 0 Å². The molecule has 0 heterocycles. The Labute approximate surface area is 130 Å². The van der Waals surface area contributed by atoms with Crippen LogP contribution in [0.3, 0.4) is 0 Å². The number of amides is 1. The number of nitrogens with zero attached hydrogens (tertiary/aromatic N) is 1. The van der Waals surface area contributed by atoms with Crippen molar-refractivity contribution in [2.45, 2.75) is 12.5 Å². The highest BCUT2D eigenvalue weighted by atomic mass is 16.6. The molecule has 3 N–H and O–H groups in total. The first kappa shape index (κ1) is 18.0. The van der Waals surface area contributed by atoms with E-state index in [-0.39, 0.29) is 17.9 Å². The number of carbonyl (C=O) groups is 3. The quantitative estimate of drug-likeness (QED) is 0.295. The van der Waals surface area contributed by atoms with Gasteiger partial charge in [0.25, 0.3) is 5.69 Å². The standard InChI is InChI=1S/C13H15N3O7/c1-22-11(17)6-10(14)13(19)15-7-12(18)23-9-4-2-8(3-5-9)16(20)21/h2-5,10H,6-7,14H2,1H3,(H,15,19). The fraction of sp³-hybridized carbons (Fsp3) is 0.308. The molecule has 1 aromatic carbocycles. The molecule has 0 aliphatic rings. The van der Waals surface area contributed by atoms with Gasteiger partial charge in [-0.25, -0.2) is 4.79 Å². The number of ether oxygens (including phenoxy) is 2. The highest BCUT2D eigenvalue weighted by Crippen LogP contribution is 2.17. The van der Waals surface area contributed by atoms with E-state index in [2.05, 4.69) is 10.1 Å². The van der Waals surface area contributed by atoms with Crippen LogP contribution in [-0.4, -0.2) is 42.5 Å². The van der Waals surface area contributed by atoms with Crippen molar-refractivity contribution >= 4 is 23.5 Å². The van der Waals surface area contributed by atoms with Crippen molar-refractivity contribution in [2.75, 3.05) is 13.7 Å². The minimum atomic E-state index is -1.14. The molecule has 10 nitrogen and oxygen atoms in total. The molecule has 23 heavy (non-hydrogen) atoms. The van der Waals surface area contributed by atoms with E-state index in [1.807, 2.05) is 0 Å². The molecule has 1 aromatic rings. The fourth-order valence-corrected chi connectivity index (χ4v) is 1.45. The third-order valence-corrected chi connectivity index (χ3v) is 2.64. The van der Waals surface area contributed by atoms with Gasteiger partial charge in [0, 0.05) is 12.1 Å². The van der Waals surface area contributed by atoms with Gasteiger partial charge in [-0.15, -0.1) is 0 Å². The van der Waals surface area contributed by atoms with Crippen molar-refractivity contribution in [1.82, 2.24) is 5.32 Å². The zero-order chi connectivity index (χ0) is 17.4. The molecule has 0 aliphatic carbocycles. The third kappa shape index (κ3) is 6.09. The Kier molecular flexibility index (Phi) is 6.62. The number of methoxy groups -OCH3 is 1. The molecule has 0 bridgehead atoms. The normalized spacial score (nSPS) is 11.2. The number of benzene rings is 1. The summed E-state index contributed by atoms with van der Waals surface area (Å²) < 4.78 is 9.24. The molecule has 0 saturated carbocycles. The van der Waals surface area contributed by atoms with Gasteiger partial charge in [0.15, 0.2) is 0 Å². The third-order valence-electron chi connectivity index (χ3n) is 2.64. The molecule has 0 fully saturated rings. The van der Waals surface area contributed by atoms with Crippen LogP contribution in [0.5, 0.6) is 5.75 Å². The fourth-order valence-electron chi connectivity index (χ4n) is 1.45. The summed E-state index contributed by atoms with van der Waals surface area (Å²) in [6.07, 6.45) is -0.320. The lowest BCUT2D eigenvalue weighted by Crippen LogP contribution is -2.44. The molecule has 124 valence electrons. The summed E-state index contributed by atoms with van der Waals surface area (Å²) in [7, 11) is 1.16. The minimum absolute atomic E-state index is 0.0914. The second kappa shape index (κ2) is 8.44. The van der Waals surface area contributed by atoms with E-state index in [0.29, 0.717) is 0 Å². The molecule has 0 radical (unpaired) electrons. The van der Waals surface area contributed by atoms with E-state index in [9.17, 15) is 24.5 Å². The molecular weight excluding hydrogens is 310 g/mol. The first-order valence-electron chi connectivity index (χ1n) is 6.38. The predicted octanol–water partition coefficient (Wildman–Crippen LogP) is -0.493. The predicted molar refractivity (Wildman–Crippen MR) is 76.3 cm³/mol. The Morgan fingerprint density at radius 1 is 1.26 bits per heavy atom. The Balaban J connectivity index is 2.43. The van der Waals surface area contributed by atoms with E-state index >= 15 is 0 Å². The number of rotatable bonds is 7. The zero-order valence-corrected chi connectivity index (χ0v) is 12.2. The van der Waals surface area contributed by atoms with Gasteiger partial charge in [0.2, 0.25) is 5.91 Å². The van der Waals surface area contributed by atoms with Crippen molar-refractivity contribution in [3.8, 4) is 5.75 Å². The molecule has 1 atom stereocenters. The zero-order valence-electron chi connectivity index (χ0n) is 12.2. The van der Waals surface area contributed by atoms with Gasteiger partial charge in [-0.2, -0.15) is 0 Å². The molecule has 0 aromatic heterocycles.